The molecule has 0 aromatic heterocycles. The third kappa shape index (κ3) is 2.36. The highest BCUT2D eigenvalue weighted by Crippen LogP contribution is 2.58. The van der Waals surface area contributed by atoms with Crippen LogP contribution in [0.2, 0.25) is 0 Å². The maximum absolute atomic E-state index is 13.1. The Labute approximate surface area is 154 Å². The van der Waals surface area contributed by atoms with Crippen LogP contribution in [0.1, 0.15) is 60.8 Å². The highest BCUT2D eigenvalue weighted by molar-refractivity contribution is 5.88. The number of benzene rings is 2. The third-order valence-corrected chi connectivity index (χ3v) is 5.84. The quantitative estimate of drug-likeness (QED) is 0.582. The molecule has 0 N–H and O–H groups in total. The molecule has 1 unspecified atom stereocenters. The molecule has 0 aliphatic heterocycles. The van der Waals surface area contributed by atoms with Crippen LogP contribution in [-0.2, 0) is 9.53 Å². The molecule has 26 heavy (non-hydrogen) atoms. The normalized spacial score (nSPS) is 25.3. The van der Waals surface area contributed by atoms with Gasteiger partial charge in [0.15, 0.2) is 0 Å². The van der Waals surface area contributed by atoms with Gasteiger partial charge in [-0.3, -0.25) is 4.85 Å². The first-order valence-electron chi connectivity index (χ1n) is 9.32. The van der Waals surface area contributed by atoms with Gasteiger partial charge in [0.25, 0.3) is 0 Å². The summed E-state index contributed by atoms with van der Waals surface area (Å²) in [5.41, 5.74) is 3.58. The number of ether oxygens (including phenoxy) is 1. The summed E-state index contributed by atoms with van der Waals surface area (Å²) in [4.78, 5) is 17.0. The van der Waals surface area contributed by atoms with Gasteiger partial charge in [-0.1, -0.05) is 62.4 Å². The number of hydrogen-bond donors (Lipinski definition) is 0. The molecule has 0 radical (unpaired) electrons. The van der Waals surface area contributed by atoms with Gasteiger partial charge in [0.1, 0.15) is 0 Å². The summed E-state index contributed by atoms with van der Waals surface area (Å²) in [5.74, 6) is -0.0498. The van der Waals surface area contributed by atoms with Gasteiger partial charge >= 0.3 is 11.5 Å². The second-order valence-electron chi connectivity index (χ2n) is 7.80. The zero-order valence-corrected chi connectivity index (χ0v) is 15.2. The Bertz CT molecular complexity index is 848. The van der Waals surface area contributed by atoms with Crippen molar-refractivity contribution in [2.75, 3.05) is 6.61 Å². The van der Waals surface area contributed by atoms with E-state index in [0.29, 0.717) is 18.9 Å². The van der Waals surface area contributed by atoms with Gasteiger partial charge in [-0.25, -0.2) is 11.4 Å². The molecule has 0 spiro atoms. The average molecular weight is 345 g/mol. The molecule has 0 saturated heterocycles. The van der Waals surface area contributed by atoms with Crippen LogP contribution in [0.3, 0.4) is 0 Å². The molecule has 3 nitrogen and oxygen atoms in total. The Balaban J connectivity index is 1.79. The number of rotatable bonds is 4. The molecule has 3 aliphatic carbocycles. The van der Waals surface area contributed by atoms with Crippen molar-refractivity contribution in [2.24, 2.45) is 5.92 Å². The largest absolute Gasteiger partial charge is 0.460 e. The fourth-order valence-corrected chi connectivity index (χ4v) is 4.55. The van der Waals surface area contributed by atoms with Crippen LogP contribution in [0.25, 0.3) is 4.85 Å². The van der Waals surface area contributed by atoms with Crippen molar-refractivity contribution in [3.05, 3.63) is 82.2 Å². The van der Waals surface area contributed by atoms with E-state index in [4.69, 9.17) is 11.3 Å². The molecule has 0 heterocycles. The van der Waals surface area contributed by atoms with Crippen molar-refractivity contribution in [1.82, 2.24) is 0 Å². The van der Waals surface area contributed by atoms with E-state index in [-0.39, 0.29) is 17.8 Å². The molecular formula is C23H23NO2. The minimum atomic E-state index is -1.15. The van der Waals surface area contributed by atoms with Gasteiger partial charge in [-0.05, 0) is 34.6 Å². The van der Waals surface area contributed by atoms with Crippen LogP contribution < -0.4 is 0 Å². The first-order valence-corrected chi connectivity index (χ1v) is 9.32. The summed E-state index contributed by atoms with van der Waals surface area (Å²) < 4.78 is 5.62. The predicted molar refractivity (Wildman–Crippen MR) is 101 cm³/mol. The Morgan fingerprint density at radius 3 is 2.15 bits per heavy atom. The highest BCUT2D eigenvalue weighted by atomic mass is 16.5. The number of esters is 1. The van der Waals surface area contributed by atoms with Crippen molar-refractivity contribution in [1.29, 1.82) is 0 Å². The summed E-state index contributed by atoms with van der Waals surface area (Å²) in [7, 11) is 0. The smallest absolute Gasteiger partial charge is 0.394 e. The molecule has 2 bridgehead atoms. The van der Waals surface area contributed by atoms with E-state index < -0.39 is 5.54 Å². The SMILES string of the molecule is [C-]#[N+]C1(C(=O)OCCC(C)C)CC2c3ccccc3C1c1ccccc12. The summed E-state index contributed by atoms with van der Waals surface area (Å²) in [5, 5.41) is 0. The Kier molecular flexibility index (Phi) is 4.07. The van der Waals surface area contributed by atoms with Gasteiger partial charge in [-0.15, -0.1) is 0 Å². The molecule has 2 aromatic carbocycles. The number of carbonyl (C=O) groups excluding carboxylic acids is 1. The molecule has 5 rings (SSSR count). The van der Waals surface area contributed by atoms with Crippen LogP contribution in [0.5, 0.6) is 0 Å². The van der Waals surface area contributed by atoms with Gasteiger partial charge in [0.05, 0.1) is 12.5 Å². The van der Waals surface area contributed by atoms with E-state index in [1.54, 1.807) is 0 Å². The van der Waals surface area contributed by atoms with Gasteiger partial charge < -0.3 is 4.74 Å². The molecule has 3 heteroatoms. The lowest BCUT2D eigenvalue weighted by Gasteiger charge is -2.45. The van der Waals surface area contributed by atoms with Crippen molar-refractivity contribution in [3.8, 4) is 0 Å². The Morgan fingerprint density at radius 1 is 1.12 bits per heavy atom. The predicted octanol–water partition coefficient (Wildman–Crippen LogP) is 4.91. The highest BCUT2D eigenvalue weighted by Gasteiger charge is 2.63. The lowest BCUT2D eigenvalue weighted by atomic mass is 9.56. The first kappa shape index (κ1) is 16.8. The third-order valence-electron chi connectivity index (χ3n) is 5.84. The molecule has 0 fully saturated rings. The average Bonchev–Trinajstić information content (AvgIpc) is 2.67. The fourth-order valence-electron chi connectivity index (χ4n) is 4.55. The molecule has 0 amide bonds. The molecule has 3 aliphatic rings. The Morgan fingerprint density at radius 2 is 1.65 bits per heavy atom. The van der Waals surface area contributed by atoms with E-state index in [1.165, 1.54) is 11.1 Å². The van der Waals surface area contributed by atoms with Crippen LogP contribution in [0, 0.1) is 12.5 Å². The van der Waals surface area contributed by atoms with Crippen LogP contribution in [0.4, 0.5) is 0 Å². The molecule has 0 saturated carbocycles. The summed E-state index contributed by atoms with van der Waals surface area (Å²) in [6.07, 6.45) is 1.33. The van der Waals surface area contributed by atoms with E-state index in [0.717, 1.165) is 17.5 Å². The lowest BCUT2D eigenvalue weighted by molar-refractivity contribution is -0.150. The standard InChI is InChI=1S/C23H23NO2/c1-15(2)12-13-26-22(25)23(24-3)14-20-16-8-4-6-10-18(16)21(23)19-11-7-5-9-17(19)20/h4-11,15,20-21H,12-14H2,1-2H3. The van der Waals surface area contributed by atoms with Crippen LogP contribution >= 0.6 is 0 Å². The van der Waals surface area contributed by atoms with Gasteiger partial charge in [-0.2, -0.15) is 0 Å². The summed E-state index contributed by atoms with van der Waals surface area (Å²) in [6.45, 7) is 12.5. The van der Waals surface area contributed by atoms with E-state index >= 15 is 0 Å². The molecule has 1 atom stereocenters. The second-order valence-corrected chi connectivity index (χ2v) is 7.80. The first-order chi connectivity index (χ1) is 12.6. The van der Waals surface area contributed by atoms with Crippen molar-refractivity contribution < 1.29 is 9.53 Å². The number of hydrogen-bond acceptors (Lipinski definition) is 2. The second kappa shape index (κ2) is 6.29. The maximum atomic E-state index is 13.1. The summed E-state index contributed by atoms with van der Waals surface area (Å²) in [6, 6.07) is 16.5. The topological polar surface area (TPSA) is 30.7 Å². The zero-order valence-electron chi connectivity index (χ0n) is 15.2. The summed E-state index contributed by atoms with van der Waals surface area (Å²) >= 11 is 0. The van der Waals surface area contributed by atoms with Gasteiger partial charge in [0.2, 0.25) is 0 Å². The van der Waals surface area contributed by atoms with Crippen molar-refractivity contribution in [3.63, 3.8) is 0 Å². The monoisotopic (exact) mass is 345 g/mol. The molecule has 132 valence electrons. The van der Waals surface area contributed by atoms with E-state index in [2.05, 4.69) is 43.0 Å². The fraction of sp³-hybridized carbons (Fsp3) is 0.391. The molecular weight excluding hydrogens is 322 g/mol. The number of carbonyl (C=O) groups is 1. The minimum absolute atomic E-state index is 0.0825. The lowest BCUT2D eigenvalue weighted by Crippen LogP contribution is -2.51. The molecule has 2 aromatic rings. The van der Waals surface area contributed by atoms with Crippen molar-refractivity contribution in [2.45, 2.75) is 44.1 Å². The minimum Gasteiger partial charge on any atom is -0.460 e. The maximum Gasteiger partial charge on any atom is 0.394 e. The number of fused-ring (bicyclic) bond motifs is 1. The van der Waals surface area contributed by atoms with Crippen LogP contribution in [-0.4, -0.2) is 18.1 Å². The van der Waals surface area contributed by atoms with Crippen molar-refractivity contribution >= 4 is 5.97 Å². The zero-order chi connectivity index (χ0) is 18.3. The van der Waals surface area contributed by atoms with E-state index in [9.17, 15) is 4.79 Å². The Hall–Kier alpha value is -2.60. The van der Waals surface area contributed by atoms with Gasteiger partial charge in [0, 0.05) is 12.3 Å². The number of nitrogens with zero attached hydrogens (tertiary/aromatic N) is 1. The van der Waals surface area contributed by atoms with Crippen LogP contribution in [0.15, 0.2) is 48.5 Å². The van der Waals surface area contributed by atoms with E-state index in [1.807, 2.05) is 24.3 Å².